The first-order chi connectivity index (χ1) is 4.81. The fourth-order valence-corrected chi connectivity index (χ4v) is 0.825. The molecular weight excluding hydrogens is 126 g/mol. The predicted molar refractivity (Wildman–Crippen MR) is 43.4 cm³/mol. The van der Waals surface area contributed by atoms with Gasteiger partial charge in [-0.05, 0) is 12.3 Å². The van der Waals surface area contributed by atoms with Crippen LogP contribution >= 0.6 is 0 Å². The molecule has 0 aliphatic carbocycles. The average molecular weight is 143 g/mol. The minimum absolute atomic E-state index is 0.637. The van der Waals surface area contributed by atoms with Gasteiger partial charge in [0, 0.05) is 6.20 Å². The molecule has 1 atom stereocenters. The lowest BCUT2D eigenvalue weighted by Gasteiger charge is -2.08. The van der Waals surface area contributed by atoms with Crippen LogP contribution in [0, 0.1) is 5.92 Å². The maximum atomic E-state index is 5.03. The van der Waals surface area contributed by atoms with Crippen LogP contribution in [-0.4, -0.2) is 6.61 Å². The molecule has 60 valence electrons. The molecule has 0 rings (SSSR count). The highest BCUT2D eigenvalue weighted by atomic mass is 16.6. The summed E-state index contributed by atoms with van der Waals surface area (Å²) in [6, 6.07) is 0. The Hall–Kier alpha value is -0.500. The van der Waals surface area contributed by atoms with Gasteiger partial charge in [-0.1, -0.05) is 26.8 Å². The fraction of sp³-hybridized carbons (Fsp3) is 0.750. The molecule has 0 bridgehead atoms. The molecule has 0 amide bonds. The predicted octanol–water partition coefficient (Wildman–Crippen LogP) is 2.09. The van der Waals surface area contributed by atoms with Crippen LogP contribution in [0.1, 0.15) is 26.7 Å². The van der Waals surface area contributed by atoms with Crippen LogP contribution in [0.2, 0.25) is 0 Å². The number of rotatable bonds is 6. The molecule has 0 aromatic carbocycles. The third kappa shape index (κ3) is 5.63. The quantitative estimate of drug-likeness (QED) is 0.454. The first kappa shape index (κ1) is 9.50. The molecular formula is C8H17NO. The Morgan fingerprint density at radius 2 is 2.40 bits per heavy atom. The van der Waals surface area contributed by atoms with Crippen molar-refractivity contribution < 1.29 is 4.84 Å². The summed E-state index contributed by atoms with van der Waals surface area (Å²) in [5.74, 6) is 0.637. The van der Waals surface area contributed by atoms with E-state index in [1.807, 2.05) is 0 Å². The third-order valence-electron chi connectivity index (χ3n) is 1.32. The van der Waals surface area contributed by atoms with E-state index in [4.69, 9.17) is 4.84 Å². The summed E-state index contributed by atoms with van der Waals surface area (Å²) in [6.07, 6.45) is 3.98. The molecule has 0 spiro atoms. The summed E-state index contributed by atoms with van der Waals surface area (Å²) >= 11 is 0. The highest BCUT2D eigenvalue weighted by Gasteiger charge is 1.98. The molecule has 0 aromatic heterocycles. The maximum absolute atomic E-state index is 5.03. The van der Waals surface area contributed by atoms with Crippen molar-refractivity contribution in [2.75, 3.05) is 6.61 Å². The van der Waals surface area contributed by atoms with Gasteiger partial charge in [0.25, 0.3) is 0 Å². The largest absolute Gasteiger partial charge is 0.276 e. The van der Waals surface area contributed by atoms with Gasteiger partial charge in [0.15, 0.2) is 0 Å². The molecule has 0 saturated heterocycles. The Morgan fingerprint density at radius 1 is 1.70 bits per heavy atom. The van der Waals surface area contributed by atoms with Crippen LogP contribution in [0.15, 0.2) is 12.8 Å². The van der Waals surface area contributed by atoms with Gasteiger partial charge in [0.2, 0.25) is 0 Å². The number of nitrogens with one attached hydrogen (secondary N) is 1. The Labute approximate surface area is 63.2 Å². The second kappa shape index (κ2) is 6.62. The van der Waals surface area contributed by atoms with Crippen LogP contribution < -0.4 is 5.48 Å². The molecule has 0 aromatic rings. The fourth-order valence-electron chi connectivity index (χ4n) is 0.825. The van der Waals surface area contributed by atoms with Crippen molar-refractivity contribution in [2.45, 2.75) is 26.7 Å². The van der Waals surface area contributed by atoms with Crippen molar-refractivity contribution in [2.24, 2.45) is 5.92 Å². The molecule has 1 N–H and O–H groups in total. The summed E-state index contributed by atoms with van der Waals surface area (Å²) in [4.78, 5) is 5.03. The Kier molecular flexibility index (Phi) is 6.29. The number of hydrogen-bond acceptors (Lipinski definition) is 2. The SMILES string of the molecule is C=CNOCC(C)CCC. The maximum Gasteiger partial charge on any atom is 0.0771 e. The molecule has 0 saturated carbocycles. The van der Waals surface area contributed by atoms with Crippen molar-refractivity contribution in [3.8, 4) is 0 Å². The van der Waals surface area contributed by atoms with E-state index in [0.717, 1.165) is 6.61 Å². The van der Waals surface area contributed by atoms with E-state index in [-0.39, 0.29) is 0 Å². The highest BCUT2D eigenvalue weighted by molar-refractivity contribution is 4.54. The molecule has 10 heavy (non-hydrogen) atoms. The molecule has 0 fully saturated rings. The summed E-state index contributed by atoms with van der Waals surface area (Å²) in [6.45, 7) is 8.58. The highest BCUT2D eigenvalue weighted by Crippen LogP contribution is 2.03. The molecule has 1 unspecified atom stereocenters. The van der Waals surface area contributed by atoms with E-state index in [9.17, 15) is 0 Å². The van der Waals surface area contributed by atoms with Crippen LogP contribution in [0.3, 0.4) is 0 Å². The summed E-state index contributed by atoms with van der Waals surface area (Å²) < 4.78 is 0. The van der Waals surface area contributed by atoms with Crippen molar-refractivity contribution >= 4 is 0 Å². The lowest BCUT2D eigenvalue weighted by Crippen LogP contribution is -2.12. The summed E-state index contributed by atoms with van der Waals surface area (Å²) in [7, 11) is 0. The lowest BCUT2D eigenvalue weighted by atomic mass is 10.1. The minimum Gasteiger partial charge on any atom is -0.276 e. The summed E-state index contributed by atoms with van der Waals surface area (Å²) in [5.41, 5.74) is 2.60. The smallest absolute Gasteiger partial charge is 0.0771 e. The number of hydroxylamine groups is 1. The lowest BCUT2D eigenvalue weighted by molar-refractivity contribution is 0.0456. The first-order valence-electron chi connectivity index (χ1n) is 3.79. The Balaban J connectivity index is 3.04. The third-order valence-corrected chi connectivity index (χ3v) is 1.32. The molecule has 0 aliphatic heterocycles. The van der Waals surface area contributed by atoms with Gasteiger partial charge in [-0.15, -0.1) is 0 Å². The molecule has 0 heterocycles. The second-order valence-electron chi connectivity index (χ2n) is 2.53. The van der Waals surface area contributed by atoms with Crippen LogP contribution in [0.25, 0.3) is 0 Å². The Morgan fingerprint density at radius 3 is 2.90 bits per heavy atom. The molecule has 0 aliphatic rings. The topological polar surface area (TPSA) is 21.3 Å². The average Bonchev–Trinajstić information content (AvgIpc) is 1.89. The zero-order valence-electron chi connectivity index (χ0n) is 6.89. The van der Waals surface area contributed by atoms with Crippen molar-refractivity contribution in [3.63, 3.8) is 0 Å². The van der Waals surface area contributed by atoms with Gasteiger partial charge >= 0.3 is 0 Å². The van der Waals surface area contributed by atoms with E-state index < -0.39 is 0 Å². The van der Waals surface area contributed by atoms with Gasteiger partial charge in [0.05, 0.1) is 6.61 Å². The standard InChI is InChI=1S/C8H17NO/c1-4-6-8(3)7-10-9-5-2/h5,8-9H,2,4,6-7H2,1,3H3. The van der Waals surface area contributed by atoms with Crippen LogP contribution in [0.5, 0.6) is 0 Å². The van der Waals surface area contributed by atoms with Crippen LogP contribution in [0.4, 0.5) is 0 Å². The van der Waals surface area contributed by atoms with Crippen molar-refractivity contribution in [3.05, 3.63) is 12.8 Å². The zero-order valence-corrected chi connectivity index (χ0v) is 6.89. The minimum atomic E-state index is 0.637. The Bertz CT molecular complexity index is 83.3. The number of hydrogen-bond donors (Lipinski definition) is 1. The monoisotopic (exact) mass is 143 g/mol. The van der Waals surface area contributed by atoms with Crippen LogP contribution in [-0.2, 0) is 4.84 Å². The van der Waals surface area contributed by atoms with Gasteiger partial charge < -0.3 is 0 Å². The van der Waals surface area contributed by atoms with Crippen molar-refractivity contribution in [1.29, 1.82) is 0 Å². The molecule has 0 radical (unpaired) electrons. The van der Waals surface area contributed by atoms with Crippen molar-refractivity contribution in [1.82, 2.24) is 5.48 Å². The zero-order chi connectivity index (χ0) is 7.82. The molecule has 2 heteroatoms. The first-order valence-corrected chi connectivity index (χ1v) is 3.79. The van der Waals surface area contributed by atoms with Gasteiger partial charge in [-0.3, -0.25) is 10.3 Å². The van der Waals surface area contributed by atoms with Gasteiger partial charge in [-0.25, -0.2) is 0 Å². The van der Waals surface area contributed by atoms with E-state index in [1.54, 1.807) is 6.20 Å². The van der Waals surface area contributed by atoms with E-state index >= 15 is 0 Å². The van der Waals surface area contributed by atoms with E-state index in [1.165, 1.54) is 12.8 Å². The second-order valence-corrected chi connectivity index (χ2v) is 2.53. The van der Waals surface area contributed by atoms with E-state index in [0.29, 0.717) is 5.92 Å². The summed E-state index contributed by atoms with van der Waals surface area (Å²) in [5, 5.41) is 0. The van der Waals surface area contributed by atoms with Gasteiger partial charge in [0.1, 0.15) is 0 Å². The normalized spacial score (nSPS) is 12.6. The van der Waals surface area contributed by atoms with E-state index in [2.05, 4.69) is 25.9 Å². The van der Waals surface area contributed by atoms with Gasteiger partial charge in [-0.2, -0.15) is 0 Å². The molecule has 2 nitrogen and oxygen atoms in total.